The highest BCUT2D eigenvalue weighted by molar-refractivity contribution is 14.0. The smallest absolute Gasteiger partial charge is 0.191 e. The third-order valence-electron chi connectivity index (χ3n) is 5.18. The molecule has 9 heteroatoms. The van der Waals surface area contributed by atoms with E-state index in [1.165, 1.54) is 30.8 Å². The van der Waals surface area contributed by atoms with E-state index in [-0.39, 0.29) is 24.0 Å². The van der Waals surface area contributed by atoms with Gasteiger partial charge in [0.15, 0.2) is 5.96 Å². The third-order valence-corrected chi connectivity index (χ3v) is 6.04. The molecule has 0 unspecified atom stereocenters. The fourth-order valence-corrected chi connectivity index (χ4v) is 4.29. The highest BCUT2D eigenvalue weighted by Crippen LogP contribution is 2.20. The van der Waals surface area contributed by atoms with Crippen molar-refractivity contribution in [1.29, 1.82) is 0 Å². The molecule has 1 aliphatic rings. The lowest BCUT2D eigenvalue weighted by atomic mass is 9.97. The minimum atomic E-state index is 0. The molecule has 1 saturated heterocycles. The van der Waals surface area contributed by atoms with Gasteiger partial charge in [0.2, 0.25) is 0 Å². The number of hydrogen-bond donors (Lipinski definition) is 2. The summed E-state index contributed by atoms with van der Waals surface area (Å²) in [6.45, 7) is 11.1. The molecule has 0 atom stereocenters. The Bertz CT molecular complexity index is 708. The van der Waals surface area contributed by atoms with Crippen LogP contribution in [0.5, 0.6) is 0 Å². The number of nitrogens with zero attached hydrogens (tertiary/aromatic N) is 5. The van der Waals surface area contributed by atoms with Crippen LogP contribution in [0.25, 0.3) is 0 Å². The van der Waals surface area contributed by atoms with Gasteiger partial charge in [-0.3, -0.25) is 9.89 Å². The van der Waals surface area contributed by atoms with Crippen molar-refractivity contribution >= 4 is 41.3 Å². The van der Waals surface area contributed by atoms with Gasteiger partial charge in [0.05, 0.1) is 0 Å². The first-order chi connectivity index (χ1) is 13.8. The molecule has 2 aromatic rings. The molecule has 29 heavy (non-hydrogen) atoms. The quantitative estimate of drug-likeness (QED) is 0.296. The maximum Gasteiger partial charge on any atom is 0.191 e. The molecular weight excluding hydrogens is 497 g/mol. The van der Waals surface area contributed by atoms with Crippen LogP contribution in [-0.4, -0.2) is 58.3 Å². The first-order valence-electron chi connectivity index (χ1n) is 10.4. The second kappa shape index (κ2) is 13.2. The number of aryl methyl sites for hydroxylation is 1. The minimum absolute atomic E-state index is 0. The second-order valence-corrected chi connectivity index (χ2v) is 8.27. The molecule has 3 rings (SSSR count). The Morgan fingerprint density at radius 3 is 2.79 bits per heavy atom. The van der Waals surface area contributed by atoms with E-state index in [0.717, 1.165) is 50.9 Å². The standard InChI is InChI=1S/C20H33N7S.HI/c1-3-19-25-24-16-27(19)12-9-22-20(21-4-2)23-14-17-7-10-26(11-8-17)15-18-6-5-13-28-18;/h5-6,13,16-17H,3-4,7-12,14-15H2,1-2H3,(H2,21,22,23);1H. The van der Waals surface area contributed by atoms with E-state index in [1.54, 1.807) is 6.33 Å². The molecule has 3 heterocycles. The summed E-state index contributed by atoms with van der Waals surface area (Å²) in [4.78, 5) is 8.87. The molecule has 0 saturated carbocycles. The van der Waals surface area contributed by atoms with E-state index in [0.29, 0.717) is 5.92 Å². The van der Waals surface area contributed by atoms with Crippen molar-refractivity contribution in [3.8, 4) is 0 Å². The van der Waals surface area contributed by atoms with Crippen LogP contribution in [0.15, 0.2) is 28.8 Å². The molecule has 162 valence electrons. The summed E-state index contributed by atoms with van der Waals surface area (Å²) in [6.07, 6.45) is 5.16. The van der Waals surface area contributed by atoms with Crippen LogP contribution in [0.4, 0.5) is 0 Å². The predicted octanol–water partition coefficient (Wildman–Crippen LogP) is 2.99. The zero-order valence-corrected chi connectivity index (χ0v) is 20.7. The maximum absolute atomic E-state index is 4.84. The molecule has 1 aliphatic heterocycles. The van der Waals surface area contributed by atoms with E-state index < -0.39 is 0 Å². The van der Waals surface area contributed by atoms with Crippen molar-refractivity contribution in [2.45, 2.75) is 46.2 Å². The van der Waals surface area contributed by atoms with Crippen LogP contribution >= 0.6 is 35.3 Å². The van der Waals surface area contributed by atoms with E-state index in [9.17, 15) is 0 Å². The second-order valence-electron chi connectivity index (χ2n) is 7.24. The zero-order chi connectivity index (χ0) is 19.6. The number of halogens is 1. The molecular formula is C20H34IN7S. The van der Waals surface area contributed by atoms with Crippen LogP contribution in [0, 0.1) is 5.92 Å². The molecule has 2 aromatic heterocycles. The van der Waals surface area contributed by atoms with Gasteiger partial charge >= 0.3 is 0 Å². The molecule has 0 aromatic carbocycles. The summed E-state index contributed by atoms with van der Waals surface area (Å²) < 4.78 is 2.10. The Morgan fingerprint density at radius 2 is 2.10 bits per heavy atom. The van der Waals surface area contributed by atoms with Crippen LogP contribution in [0.3, 0.4) is 0 Å². The lowest BCUT2D eigenvalue weighted by Gasteiger charge is -2.31. The monoisotopic (exact) mass is 531 g/mol. The van der Waals surface area contributed by atoms with Crippen molar-refractivity contribution in [3.05, 3.63) is 34.5 Å². The summed E-state index contributed by atoms with van der Waals surface area (Å²) in [5.74, 6) is 2.62. The number of nitrogens with one attached hydrogen (secondary N) is 2. The molecule has 0 aliphatic carbocycles. The van der Waals surface area contributed by atoms with Gasteiger partial charge in [-0.1, -0.05) is 13.0 Å². The molecule has 0 bridgehead atoms. The van der Waals surface area contributed by atoms with E-state index in [4.69, 9.17) is 4.99 Å². The van der Waals surface area contributed by atoms with E-state index >= 15 is 0 Å². The van der Waals surface area contributed by atoms with Gasteiger partial charge in [-0.2, -0.15) is 0 Å². The normalized spacial score (nSPS) is 15.9. The SMILES string of the molecule is CCNC(=NCC1CCN(Cc2cccs2)CC1)NCCn1cnnc1CC.I. The molecule has 0 amide bonds. The highest BCUT2D eigenvalue weighted by atomic mass is 127. The maximum atomic E-state index is 4.84. The van der Waals surface area contributed by atoms with Gasteiger partial charge in [0.1, 0.15) is 12.2 Å². The Kier molecular flexibility index (Phi) is 10.9. The average molecular weight is 532 g/mol. The van der Waals surface area contributed by atoms with E-state index in [2.05, 4.69) is 61.7 Å². The van der Waals surface area contributed by atoms with Gasteiger partial charge in [-0.15, -0.1) is 45.5 Å². The number of hydrogen-bond acceptors (Lipinski definition) is 5. The molecule has 1 fully saturated rings. The van der Waals surface area contributed by atoms with Gasteiger partial charge < -0.3 is 15.2 Å². The van der Waals surface area contributed by atoms with Gasteiger partial charge in [0.25, 0.3) is 0 Å². The summed E-state index contributed by atoms with van der Waals surface area (Å²) >= 11 is 1.86. The number of aliphatic imine (C=N–C) groups is 1. The van der Waals surface area contributed by atoms with Crippen molar-refractivity contribution in [2.75, 3.05) is 32.7 Å². The predicted molar refractivity (Wildman–Crippen MR) is 131 cm³/mol. The van der Waals surface area contributed by atoms with Gasteiger partial charge in [-0.05, 0) is 50.2 Å². The molecule has 0 radical (unpaired) electrons. The number of thiophene rings is 1. The Hall–Kier alpha value is -1.20. The fraction of sp³-hybridized carbons (Fsp3) is 0.650. The highest BCUT2D eigenvalue weighted by Gasteiger charge is 2.19. The largest absolute Gasteiger partial charge is 0.357 e. The summed E-state index contributed by atoms with van der Waals surface area (Å²) in [5, 5.41) is 17.1. The number of piperidine rings is 1. The van der Waals surface area contributed by atoms with Gasteiger partial charge in [-0.25, -0.2) is 0 Å². The Balaban J connectivity index is 0.00000300. The van der Waals surface area contributed by atoms with Crippen LogP contribution < -0.4 is 10.6 Å². The number of rotatable bonds is 9. The summed E-state index contributed by atoms with van der Waals surface area (Å²) in [6, 6.07) is 4.38. The van der Waals surface area contributed by atoms with Crippen molar-refractivity contribution in [2.24, 2.45) is 10.9 Å². The van der Waals surface area contributed by atoms with E-state index in [1.807, 2.05) is 11.3 Å². The first-order valence-corrected chi connectivity index (χ1v) is 11.3. The van der Waals surface area contributed by atoms with Crippen molar-refractivity contribution in [3.63, 3.8) is 0 Å². The Labute approximate surface area is 195 Å². The average Bonchev–Trinajstić information content (AvgIpc) is 3.39. The summed E-state index contributed by atoms with van der Waals surface area (Å²) in [7, 11) is 0. The first kappa shape index (κ1) is 24.1. The van der Waals surface area contributed by atoms with Crippen LogP contribution in [-0.2, 0) is 19.5 Å². The topological polar surface area (TPSA) is 70.4 Å². The molecule has 7 nitrogen and oxygen atoms in total. The minimum Gasteiger partial charge on any atom is -0.357 e. The summed E-state index contributed by atoms with van der Waals surface area (Å²) in [5.41, 5.74) is 0. The lowest BCUT2D eigenvalue weighted by molar-refractivity contribution is 0.182. The van der Waals surface area contributed by atoms with Crippen molar-refractivity contribution in [1.82, 2.24) is 30.3 Å². The van der Waals surface area contributed by atoms with Crippen molar-refractivity contribution < 1.29 is 0 Å². The lowest BCUT2D eigenvalue weighted by Crippen LogP contribution is -2.40. The fourth-order valence-electron chi connectivity index (χ4n) is 3.55. The number of guanidine groups is 1. The number of aromatic nitrogens is 3. The van der Waals surface area contributed by atoms with Gasteiger partial charge in [0, 0.05) is 44.0 Å². The number of likely N-dealkylation sites (tertiary alicyclic amines) is 1. The Morgan fingerprint density at radius 1 is 1.28 bits per heavy atom. The molecule has 2 N–H and O–H groups in total. The molecule has 0 spiro atoms. The van der Waals surface area contributed by atoms with Crippen LogP contribution in [0.2, 0.25) is 0 Å². The third kappa shape index (κ3) is 7.86. The zero-order valence-electron chi connectivity index (χ0n) is 17.5. The van der Waals surface area contributed by atoms with Crippen LogP contribution in [0.1, 0.15) is 37.4 Å².